The van der Waals surface area contributed by atoms with Gasteiger partial charge in [0.25, 0.3) is 0 Å². The maximum Gasteiger partial charge on any atom is 0.338 e. The van der Waals surface area contributed by atoms with Gasteiger partial charge in [-0.3, -0.25) is 0 Å². The first-order chi connectivity index (χ1) is 10.8. The SMILES string of the molecule is CC1=C(C(=O)OC(C)C)C(c2ccc(N(C)C)cc2)NC(=S)N1. The van der Waals surface area contributed by atoms with Crippen LogP contribution in [0.25, 0.3) is 0 Å². The van der Waals surface area contributed by atoms with Crippen molar-refractivity contribution < 1.29 is 9.53 Å². The number of anilines is 1. The number of thiocarbonyl (C=S) groups is 1. The second kappa shape index (κ2) is 7.00. The van der Waals surface area contributed by atoms with Crippen molar-refractivity contribution in [3.05, 3.63) is 41.1 Å². The summed E-state index contributed by atoms with van der Waals surface area (Å²) >= 11 is 5.24. The van der Waals surface area contributed by atoms with E-state index >= 15 is 0 Å². The number of carbonyl (C=O) groups excluding carboxylic acids is 1. The Hall–Kier alpha value is -2.08. The van der Waals surface area contributed by atoms with Crippen LogP contribution >= 0.6 is 12.2 Å². The largest absolute Gasteiger partial charge is 0.459 e. The van der Waals surface area contributed by atoms with Crippen LogP contribution < -0.4 is 15.5 Å². The highest BCUT2D eigenvalue weighted by Gasteiger charge is 2.31. The molecular weight excluding hydrogens is 310 g/mol. The average Bonchev–Trinajstić information content (AvgIpc) is 2.45. The predicted octanol–water partition coefficient (Wildman–Crippen LogP) is 2.50. The highest BCUT2D eigenvalue weighted by atomic mass is 32.1. The molecule has 0 aliphatic carbocycles. The quantitative estimate of drug-likeness (QED) is 0.652. The number of ether oxygens (including phenoxy) is 1. The molecule has 1 atom stereocenters. The minimum Gasteiger partial charge on any atom is -0.459 e. The number of esters is 1. The van der Waals surface area contributed by atoms with Gasteiger partial charge in [0.15, 0.2) is 5.11 Å². The number of benzene rings is 1. The topological polar surface area (TPSA) is 53.6 Å². The Morgan fingerprint density at radius 2 is 1.87 bits per heavy atom. The van der Waals surface area contributed by atoms with Crippen molar-refractivity contribution in [1.29, 1.82) is 0 Å². The second-order valence-electron chi connectivity index (χ2n) is 6.01. The molecule has 6 heteroatoms. The van der Waals surface area contributed by atoms with Gasteiger partial charge in [-0.25, -0.2) is 4.79 Å². The van der Waals surface area contributed by atoms with E-state index in [1.165, 1.54) is 0 Å². The Labute approximate surface area is 142 Å². The van der Waals surface area contributed by atoms with E-state index in [4.69, 9.17) is 17.0 Å². The van der Waals surface area contributed by atoms with E-state index in [0.717, 1.165) is 16.9 Å². The zero-order valence-electron chi connectivity index (χ0n) is 14.1. The summed E-state index contributed by atoms with van der Waals surface area (Å²) in [5, 5.41) is 6.67. The van der Waals surface area contributed by atoms with Crippen molar-refractivity contribution in [2.45, 2.75) is 32.9 Å². The first-order valence-electron chi connectivity index (χ1n) is 7.56. The smallest absolute Gasteiger partial charge is 0.338 e. The lowest BCUT2D eigenvalue weighted by Crippen LogP contribution is -2.45. The molecule has 0 amide bonds. The van der Waals surface area contributed by atoms with E-state index in [9.17, 15) is 4.79 Å². The van der Waals surface area contributed by atoms with Gasteiger partial charge in [0, 0.05) is 25.5 Å². The van der Waals surface area contributed by atoms with Crippen molar-refractivity contribution >= 4 is 29.0 Å². The van der Waals surface area contributed by atoms with E-state index in [2.05, 4.69) is 10.6 Å². The number of carbonyl (C=O) groups is 1. The molecule has 1 aliphatic rings. The first kappa shape index (κ1) is 17.3. The third kappa shape index (κ3) is 4.01. The van der Waals surface area contributed by atoms with Crippen LogP contribution in [0.5, 0.6) is 0 Å². The molecule has 124 valence electrons. The van der Waals surface area contributed by atoms with Crippen LogP contribution in [0.15, 0.2) is 35.5 Å². The fraction of sp³-hybridized carbons (Fsp3) is 0.412. The molecule has 0 aromatic heterocycles. The minimum absolute atomic E-state index is 0.173. The van der Waals surface area contributed by atoms with E-state index in [1.54, 1.807) is 0 Å². The Kier molecular flexibility index (Phi) is 5.26. The van der Waals surface area contributed by atoms with Crippen LogP contribution in [-0.2, 0) is 9.53 Å². The average molecular weight is 333 g/mol. The van der Waals surface area contributed by atoms with Crippen molar-refractivity contribution in [3.8, 4) is 0 Å². The lowest BCUT2D eigenvalue weighted by atomic mass is 9.95. The summed E-state index contributed by atoms with van der Waals surface area (Å²) in [6.07, 6.45) is -0.173. The molecule has 0 bridgehead atoms. The molecule has 1 heterocycles. The first-order valence-corrected chi connectivity index (χ1v) is 7.97. The lowest BCUT2D eigenvalue weighted by molar-refractivity contribution is -0.143. The summed E-state index contributed by atoms with van der Waals surface area (Å²) < 4.78 is 5.38. The van der Waals surface area contributed by atoms with Gasteiger partial charge in [-0.05, 0) is 50.7 Å². The Bertz CT molecular complexity index is 636. The van der Waals surface area contributed by atoms with Crippen LogP contribution in [0, 0.1) is 0 Å². The van der Waals surface area contributed by atoms with Gasteiger partial charge in [0.1, 0.15) is 0 Å². The number of nitrogens with zero attached hydrogens (tertiary/aromatic N) is 1. The third-order valence-electron chi connectivity index (χ3n) is 3.57. The predicted molar refractivity (Wildman–Crippen MR) is 96.3 cm³/mol. The van der Waals surface area contributed by atoms with Gasteiger partial charge >= 0.3 is 5.97 Å². The molecule has 0 fully saturated rings. The number of nitrogens with one attached hydrogen (secondary N) is 2. The number of hydrogen-bond acceptors (Lipinski definition) is 4. The van der Waals surface area contributed by atoms with E-state index in [1.807, 2.05) is 64.0 Å². The van der Waals surface area contributed by atoms with Gasteiger partial charge < -0.3 is 20.3 Å². The van der Waals surface area contributed by atoms with Crippen molar-refractivity contribution in [2.24, 2.45) is 0 Å². The van der Waals surface area contributed by atoms with Crippen LogP contribution in [0.3, 0.4) is 0 Å². The Morgan fingerprint density at radius 1 is 1.26 bits per heavy atom. The number of rotatable bonds is 4. The molecular formula is C17H23N3O2S. The molecule has 0 saturated heterocycles. The van der Waals surface area contributed by atoms with E-state index in [0.29, 0.717) is 10.7 Å². The zero-order chi connectivity index (χ0) is 17.1. The summed E-state index contributed by atoms with van der Waals surface area (Å²) in [5.41, 5.74) is 3.35. The molecule has 1 aromatic rings. The Morgan fingerprint density at radius 3 is 2.39 bits per heavy atom. The minimum atomic E-state index is -0.332. The molecule has 0 saturated carbocycles. The zero-order valence-corrected chi connectivity index (χ0v) is 15.0. The molecule has 5 nitrogen and oxygen atoms in total. The molecule has 2 N–H and O–H groups in total. The lowest BCUT2D eigenvalue weighted by Gasteiger charge is -2.30. The number of hydrogen-bond donors (Lipinski definition) is 2. The van der Waals surface area contributed by atoms with Crippen LogP contribution in [0.4, 0.5) is 5.69 Å². The van der Waals surface area contributed by atoms with E-state index in [-0.39, 0.29) is 18.1 Å². The molecule has 1 unspecified atom stereocenters. The van der Waals surface area contributed by atoms with Gasteiger partial charge in [-0.2, -0.15) is 0 Å². The van der Waals surface area contributed by atoms with Crippen LogP contribution in [0.1, 0.15) is 32.4 Å². The summed E-state index contributed by atoms with van der Waals surface area (Å²) in [6.45, 7) is 5.51. The second-order valence-corrected chi connectivity index (χ2v) is 6.42. The summed E-state index contributed by atoms with van der Waals surface area (Å²) in [6, 6.07) is 7.71. The van der Waals surface area contributed by atoms with Gasteiger partial charge in [0.2, 0.25) is 0 Å². The van der Waals surface area contributed by atoms with Gasteiger partial charge in [-0.15, -0.1) is 0 Å². The standard InChI is InChI=1S/C17H23N3O2S/c1-10(2)22-16(21)14-11(3)18-17(23)19-15(14)12-6-8-13(9-7-12)20(4)5/h6-10,15H,1-5H3,(H2,18,19,23). The van der Waals surface area contributed by atoms with Crippen molar-refractivity contribution in [2.75, 3.05) is 19.0 Å². The van der Waals surface area contributed by atoms with Crippen LogP contribution in [-0.4, -0.2) is 31.3 Å². The third-order valence-corrected chi connectivity index (χ3v) is 3.79. The summed E-state index contributed by atoms with van der Waals surface area (Å²) in [4.78, 5) is 14.5. The maximum absolute atomic E-state index is 12.5. The fourth-order valence-electron chi connectivity index (χ4n) is 2.46. The molecule has 2 rings (SSSR count). The maximum atomic E-state index is 12.5. The molecule has 23 heavy (non-hydrogen) atoms. The van der Waals surface area contributed by atoms with Crippen LogP contribution in [0.2, 0.25) is 0 Å². The van der Waals surface area contributed by atoms with Crippen molar-refractivity contribution in [3.63, 3.8) is 0 Å². The Balaban J connectivity index is 2.38. The molecule has 0 radical (unpaired) electrons. The van der Waals surface area contributed by atoms with E-state index < -0.39 is 0 Å². The summed E-state index contributed by atoms with van der Waals surface area (Å²) in [7, 11) is 3.98. The van der Waals surface area contributed by atoms with Gasteiger partial charge in [0.05, 0.1) is 17.7 Å². The monoisotopic (exact) mass is 333 g/mol. The normalized spacial score (nSPS) is 17.7. The molecule has 1 aromatic carbocycles. The fourth-order valence-corrected chi connectivity index (χ4v) is 2.73. The highest BCUT2D eigenvalue weighted by molar-refractivity contribution is 7.80. The summed E-state index contributed by atoms with van der Waals surface area (Å²) in [5.74, 6) is -0.332. The highest BCUT2D eigenvalue weighted by Crippen LogP contribution is 2.29. The molecule has 1 aliphatic heterocycles. The van der Waals surface area contributed by atoms with Crippen molar-refractivity contribution in [1.82, 2.24) is 10.6 Å². The molecule has 0 spiro atoms. The van der Waals surface area contributed by atoms with Gasteiger partial charge in [-0.1, -0.05) is 12.1 Å². The number of allylic oxidation sites excluding steroid dienone is 1.